The Morgan fingerprint density at radius 3 is 2.90 bits per heavy atom. The van der Waals surface area contributed by atoms with E-state index in [4.69, 9.17) is 4.42 Å². The third-order valence-corrected chi connectivity index (χ3v) is 4.67. The number of furan rings is 1. The van der Waals surface area contributed by atoms with Crippen LogP contribution in [0.15, 0.2) is 28.0 Å². The van der Waals surface area contributed by atoms with Crippen molar-refractivity contribution in [1.29, 1.82) is 0 Å². The first-order chi connectivity index (χ1) is 9.61. The van der Waals surface area contributed by atoms with Gasteiger partial charge in [-0.3, -0.25) is 4.90 Å². The molecule has 20 heavy (non-hydrogen) atoms. The SMILES string of the molecule is CCNCc1oc(CN(C)C(C)c2cccs2)cc1C. The number of hydrogen-bond donors (Lipinski definition) is 1. The molecule has 1 atom stereocenters. The van der Waals surface area contributed by atoms with Gasteiger partial charge in [0, 0.05) is 10.9 Å². The van der Waals surface area contributed by atoms with E-state index in [-0.39, 0.29) is 0 Å². The maximum absolute atomic E-state index is 5.95. The third kappa shape index (κ3) is 3.72. The maximum Gasteiger partial charge on any atom is 0.120 e. The summed E-state index contributed by atoms with van der Waals surface area (Å²) in [5, 5.41) is 5.44. The first kappa shape index (κ1) is 15.3. The van der Waals surface area contributed by atoms with Gasteiger partial charge in [0.2, 0.25) is 0 Å². The monoisotopic (exact) mass is 292 g/mol. The Morgan fingerprint density at radius 2 is 2.25 bits per heavy atom. The van der Waals surface area contributed by atoms with Crippen molar-refractivity contribution in [1.82, 2.24) is 10.2 Å². The Kier molecular flexibility index (Phi) is 5.40. The second-order valence-corrected chi connectivity index (χ2v) is 6.19. The molecule has 0 saturated heterocycles. The normalized spacial score (nSPS) is 13.1. The molecule has 0 saturated carbocycles. The van der Waals surface area contributed by atoms with Crippen molar-refractivity contribution >= 4 is 11.3 Å². The highest BCUT2D eigenvalue weighted by atomic mass is 32.1. The smallest absolute Gasteiger partial charge is 0.120 e. The molecule has 2 aromatic heterocycles. The summed E-state index contributed by atoms with van der Waals surface area (Å²) in [6.07, 6.45) is 0. The summed E-state index contributed by atoms with van der Waals surface area (Å²) in [7, 11) is 2.15. The van der Waals surface area contributed by atoms with Gasteiger partial charge in [0.1, 0.15) is 11.5 Å². The van der Waals surface area contributed by atoms with E-state index in [1.54, 1.807) is 0 Å². The van der Waals surface area contributed by atoms with E-state index in [1.165, 1.54) is 10.4 Å². The van der Waals surface area contributed by atoms with E-state index < -0.39 is 0 Å². The van der Waals surface area contributed by atoms with Crippen LogP contribution in [0.2, 0.25) is 0 Å². The van der Waals surface area contributed by atoms with E-state index in [0.29, 0.717) is 6.04 Å². The Morgan fingerprint density at radius 1 is 1.45 bits per heavy atom. The van der Waals surface area contributed by atoms with Crippen molar-refractivity contribution in [2.45, 2.75) is 39.9 Å². The summed E-state index contributed by atoms with van der Waals surface area (Å²) < 4.78 is 5.95. The zero-order valence-electron chi connectivity index (χ0n) is 12.8. The van der Waals surface area contributed by atoms with Gasteiger partial charge in [0.05, 0.1) is 13.1 Å². The summed E-state index contributed by atoms with van der Waals surface area (Å²) in [5.41, 5.74) is 1.23. The fourth-order valence-electron chi connectivity index (χ4n) is 2.21. The minimum atomic E-state index is 0.414. The minimum absolute atomic E-state index is 0.414. The summed E-state index contributed by atoms with van der Waals surface area (Å²) in [6.45, 7) is 9.07. The largest absolute Gasteiger partial charge is 0.463 e. The molecule has 2 heterocycles. The van der Waals surface area contributed by atoms with Crippen molar-refractivity contribution < 1.29 is 4.42 Å². The van der Waals surface area contributed by atoms with Crippen LogP contribution in [0.1, 0.15) is 41.9 Å². The second-order valence-electron chi connectivity index (χ2n) is 5.21. The predicted octanol–water partition coefficient (Wildman–Crippen LogP) is 3.95. The standard InChI is InChI=1S/C16H24N2OS/c1-5-17-10-15-12(2)9-14(19-15)11-18(4)13(3)16-7-6-8-20-16/h6-9,13,17H,5,10-11H2,1-4H3. The molecule has 0 aliphatic rings. The third-order valence-electron chi connectivity index (χ3n) is 3.63. The molecule has 1 N–H and O–H groups in total. The molecule has 3 nitrogen and oxygen atoms in total. The molecule has 0 bridgehead atoms. The lowest BCUT2D eigenvalue weighted by molar-refractivity contribution is 0.232. The maximum atomic E-state index is 5.95. The number of aryl methyl sites for hydroxylation is 1. The van der Waals surface area contributed by atoms with Gasteiger partial charge in [0.15, 0.2) is 0 Å². The second kappa shape index (κ2) is 7.07. The van der Waals surface area contributed by atoms with Crippen molar-refractivity contribution in [2.75, 3.05) is 13.6 Å². The lowest BCUT2D eigenvalue weighted by Crippen LogP contribution is -2.20. The molecule has 0 spiro atoms. The average molecular weight is 292 g/mol. The van der Waals surface area contributed by atoms with Crippen LogP contribution < -0.4 is 5.32 Å². The van der Waals surface area contributed by atoms with Gasteiger partial charge in [-0.05, 0) is 50.5 Å². The van der Waals surface area contributed by atoms with Gasteiger partial charge in [0.25, 0.3) is 0 Å². The van der Waals surface area contributed by atoms with Crippen LogP contribution in [-0.4, -0.2) is 18.5 Å². The molecule has 2 aromatic rings. The van der Waals surface area contributed by atoms with Crippen LogP contribution in [0.3, 0.4) is 0 Å². The Bertz CT molecular complexity index is 519. The van der Waals surface area contributed by atoms with Gasteiger partial charge in [-0.2, -0.15) is 0 Å². The predicted molar refractivity (Wildman–Crippen MR) is 85.0 cm³/mol. The zero-order valence-corrected chi connectivity index (χ0v) is 13.6. The van der Waals surface area contributed by atoms with Crippen molar-refractivity contribution in [3.63, 3.8) is 0 Å². The summed E-state index contributed by atoms with van der Waals surface area (Å²) in [5.74, 6) is 2.10. The zero-order chi connectivity index (χ0) is 14.5. The number of nitrogens with one attached hydrogen (secondary N) is 1. The number of nitrogens with zero attached hydrogens (tertiary/aromatic N) is 1. The van der Waals surface area contributed by atoms with Crippen LogP contribution in [-0.2, 0) is 13.1 Å². The average Bonchev–Trinajstić information content (AvgIpc) is 3.05. The van der Waals surface area contributed by atoms with E-state index in [0.717, 1.165) is 31.2 Å². The molecule has 0 radical (unpaired) electrons. The summed E-state index contributed by atoms with van der Waals surface area (Å²) >= 11 is 1.81. The molecule has 0 aromatic carbocycles. The molecule has 0 aliphatic carbocycles. The summed E-state index contributed by atoms with van der Waals surface area (Å²) in [4.78, 5) is 3.71. The minimum Gasteiger partial charge on any atom is -0.463 e. The molecule has 0 amide bonds. The van der Waals surface area contributed by atoms with Gasteiger partial charge >= 0.3 is 0 Å². The fourth-order valence-corrected chi connectivity index (χ4v) is 3.06. The lowest BCUT2D eigenvalue weighted by Gasteiger charge is -2.22. The van der Waals surface area contributed by atoms with Gasteiger partial charge in [-0.1, -0.05) is 13.0 Å². The molecule has 0 aliphatic heterocycles. The first-order valence-electron chi connectivity index (χ1n) is 7.14. The highest BCUT2D eigenvalue weighted by Crippen LogP contribution is 2.25. The molecular formula is C16H24N2OS. The van der Waals surface area contributed by atoms with Gasteiger partial charge in [-0.15, -0.1) is 11.3 Å². The van der Waals surface area contributed by atoms with Crippen LogP contribution >= 0.6 is 11.3 Å². The topological polar surface area (TPSA) is 28.4 Å². The Hall–Kier alpha value is -1.10. The molecule has 0 fully saturated rings. The van der Waals surface area contributed by atoms with Crippen LogP contribution in [0.5, 0.6) is 0 Å². The van der Waals surface area contributed by atoms with Crippen molar-refractivity contribution in [2.24, 2.45) is 0 Å². The molecule has 2 rings (SSSR count). The molecule has 1 unspecified atom stereocenters. The van der Waals surface area contributed by atoms with Crippen LogP contribution in [0.4, 0.5) is 0 Å². The van der Waals surface area contributed by atoms with E-state index in [1.807, 2.05) is 11.3 Å². The van der Waals surface area contributed by atoms with Crippen LogP contribution in [0, 0.1) is 6.92 Å². The highest BCUT2D eigenvalue weighted by Gasteiger charge is 2.15. The molecule has 4 heteroatoms. The molecular weight excluding hydrogens is 268 g/mol. The highest BCUT2D eigenvalue weighted by molar-refractivity contribution is 7.10. The van der Waals surface area contributed by atoms with E-state index in [2.05, 4.69) is 61.6 Å². The Balaban J connectivity index is 1.99. The Labute approximate surface area is 125 Å². The molecule has 110 valence electrons. The van der Waals surface area contributed by atoms with Crippen molar-refractivity contribution in [3.8, 4) is 0 Å². The fraction of sp³-hybridized carbons (Fsp3) is 0.500. The van der Waals surface area contributed by atoms with Crippen molar-refractivity contribution in [3.05, 3.63) is 45.5 Å². The van der Waals surface area contributed by atoms with Crippen LogP contribution in [0.25, 0.3) is 0 Å². The number of thiophene rings is 1. The lowest BCUT2D eigenvalue weighted by atomic mass is 10.2. The van der Waals surface area contributed by atoms with Gasteiger partial charge < -0.3 is 9.73 Å². The van der Waals surface area contributed by atoms with E-state index >= 15 is 0 Å². The first-order valence-corrected chi connectivity index (χ1v) is 8.02. The summed E-state index contributed by atoms with van der Waals surface area (Å²) in [6, 6.07) is 6.87. The quantitative estimate of drug-likeness (QED) is 0.837. The number of hydrogen-bond acceptors (Lipinski definition) is 4. The van der Waals surface area contributed by atoms with Gasteiger partial charge in [-0.25, -0.2) is 0 Å². The van der Waals surface area contributed by atoms with E-state index in [9.17, 15) is 0 Å². The number of rotatable bonds is 7.